The Morgan fingerprint density at radius 2 is 1.89 bits per heavy atom. The lowest BCUT2D eigenvalue weighted by molar-refractivity contribution is 0.0698. The fraction of sp³-hybridized carbons (Fsp3) is 0.643. The molecule has 0 saturated heterocycles. The second kappa shape index (κ2) is 8.97. The van der Waals surface area contributed by atoms with Crippen LogP contribution in [0, 0.1) is 0 Å². The van der Waals surface area contributed by atoms with Gasteiger partial charge in [0.1, 0.15) is 5.75 Å². The number of carboxylic acids is 1. The van der Waals surface area contributed by atoms with Gasteiger partial charge < -0.3 is 9.84 Å². The van der Waals surface area contributed by atoms with Crippen LogP contribution >= 0.6 is 11.3 Å². The SMILES string of the molecule is CCCCCCCCCOc1ccsc1C(=O)O. The van der Waals surface area contributed by atoms with E-state index in [1.54, 1.807) is 11.4 Å². The molecule has 1 N–H and O–H groups in total. The van der Waals surface area contributed by atoms with Crippen molar-refractivity contribution in [2.45, 2.75) is 51.9 Å². The number of carbonyl (C=O) groups is 1. The fourth-order valence-corrected chi connectivity index (χ4v) is 2.48. The molecule has 1 aromatic rings. The summed E-state index contributed by atoms with van der Waals surface area (Å²) in [4.78, 5) is 11.2. The highest BCUT2D eigenvalue weighted by Gasteiger charge is 2.12. The molecule has 0 aliphatic carbocycles. The molecular weight excluding hydrogens is 248 g/mol. The van der Waals surface area contributed by atoms with Crippen molar-refractivity contribution in [1.29, 1.82) is 0 Å². The first-order chi connectivity index (χ1) is 8.75. The van der Waals surface area contributed by atoms with Gasteiger partial charge in [0.25, 0.3) is 0 Å². The van der Waals surface area contributed by atoms with Crippen molar-refractivity contribution in [3.63, 3.8) is 0 Å². The smallest absolute Gasteiger partial charge is 0.349 e. The summed E-state index contributed by atoms with van der Waals surface area (Å²) in [6.07, 6.45) is 8.64. The van der Waals surface area contributed by atoms with Crippen LogP contribution in [0.25, 0.3) is 0 Å². The third kappa shape index (κ3) is 5.54. The van der Waals surface area contributed by atoms with E-state index in [1.165, 1.54) is 43.4 Å². The topological polar surface area (TPSA) is 46.5 Å². The van der Waals surface area contributed by atoms with Crippen LogP contribution in [0.3, 0.4) is 0 Å². The zero-order valence-corrected chi connectivity index (χ0v) is 11.8. The predicted octanol–water partition coefficient (Wildman–Crippen LogP) is 4.58. The summed E-state index contributed by atoms with van der Waals surface area (Å²) < 4.78 is 5.50. The lowest BCUT2D eigenvalue weighted by atomic mass is 10.1. The molecule has 0 aliphatic rings. The molecule has 0 unspecified atom stereocenters. The highest BCUT2D eigenvalue weighted by Crippen LogP contribution is 2.24. The molecule has 0 atom stereocenters. The van der Waals surface area contributed by atoms with Crippen LogP contribution in [0.5, 0.6) is 5.75 Å². The van der Waals surface area contributed by atoms with E-state index in [0.29, 0.717) is 17.2 Å². The van der Waals surface area contributed by atoms with Crippen LogP contribution in [0.2, 0.25) is 0 Å². The highest BCUT2D eigenvalue weighted by atomic mass is 32.1. The molecule has 0 bridgehead atoms. The maximum absolute atomic E-state index is 10.8. The van der Waals surface area contributed by atoms with Gasteiger partial charge in [0.2, 0.25) is 0 Å². The van der Waals surface area contributed by atoms with E-state index in [2.05, 4.69) is 6.92 Å². The van der Waals surface area contributed by atoms with E-state index < -0.39 is 5.97 Å². The third-order valence-corrected chi connectivity index (χ3v) is 3.71. The zero-order valence-electron chi connectivity index (χ0n) is 11.0. The highest BCUT2D eigenvalue weighted by molar-refractivity contribution is 7.12. The van der Waals surface area contributed by atoms with Crippen LogP contribution < -0.4 is 4.74 Å². The third-order valence-electron chi connectivity index (χ3n) is 2.83. The minimum Gasteiger partial charge on any atom is -0.492 e. The quantitative estimate of drug-likeness (QED) is 0.633. The van der Waals surface area contributed by atoms with Crippen LogP contribution in [-0.2, 0) is 0 Å². The Morgan fingerprint density at radius 1 is 1.22 bits per heavy atom. The van der Waals surface area contributed by atoms with E-state index in [1.807, 2.05) is 0 Å². The molecule has 4 heteroatoms. The van der Waals surface area contributed by atoms with Gasteiger partial charge in [-0.3, -0.25) is 0 Å². The number of hydrogen-bond acceptors (Lipinski definition) is 3. The van der Waals surface area contributed by atoms with Crippen LogP contribution in [-0.4, -0.2) is 17.7 Å². The van der Waals surface area contributed by atoms with Crippen molar-refractivity contribution in [3.8, 4) is 5.75 Å². The predicted molar refractivity (Wildman–Crippen MR) is 74.8 cm³/mol. The lowest BCUT2D eigenvalue weighted by Gasteiger charge is -2.05. The number of ether oxygens (including phenoxy) is 1. The number of aromatic carboxylic acids is 1. The minimum absolute atomic E-state index is 0.304. The van der Waals surface area contributed by atoms with Gasteiger partial charge in [0, 0.05) is 0 Å². The molecule has 1 heterocycles. The Hall–Kier alpha value is -1.03. The van der Waals surface area contributed by atoms with Gasteiger partial charge in [0.15, 0.2) is 4.88 Å². The van der Waals surface area contributed by atoms with Gasteiger partial charge >= 0.3 is 5.97 Å². The van der Waals surface area contributed by atoms with Gasteiger partial charge in [-0.25, -0.2) is 4.79 Å². The number of thiophene rings is 1. The molecule has 1 rings (SSSR count). The summed E-state index contributed by atoms with van der Waals surface area (Å²) in [5.41, 5.74) is 0. The lowest BCUT2D eigenvalue weighted by Crippen LogP contribution is -2.01. The normalized spacial score (nSPS) is 10.5. The summed E-state index contributed by atoms with van der Waals surface area (Å²) in [5, 5.41) is 10.7. The van der Waals surface area contributed by atoms with Crippen molar-refractivity contribution in [1.82, 2.24) is 0 Å². The largest absolute Gasteiger partial charge is 0.492 e. The number of carboxylic acid groups (broad SMARTS) is 1. The van der Waals surface area contributed by atoms with Crippen LogP contribution in [0.4, 0.5) is 0 Å². The molecule has 0 aromatic carbocycles. The van der Waals surface area contributed by atoms with Gasteiger partial charge in [0.05, 0.1) is 6.61 Å². The number of rotatable bonds is 10. The van der Waals surface area contributed by atoms with Gasteiger partial charge in [-0.05, 0) is 17.9 Å². The Labute approximate surface area is 113 Å². The minimum atomic E-state index is -0.903. The monoisotopic (exact) mass is 270 g/mol. The van der Waals surface area contributed by atoms with Crippen molar-refractivity contribution in [2.24, 2.45) is 0 Å². The van der Waals surface area contributed by atoms with Crippen molar-refractivity contribution in [2.75, 3.05) is 6.61 Å². The molecule has 0 spiro atoms. The summed E-state index contributed by atoms with van der Waals surface area (Å²) in [5.74, 6) is -0.391. The Morgan fingerprint density at radius 3 is 2.56 bits per heavy atom. The maximum atomic E-state index is 10.8. The fourth-order valence-electron chi connectivity index (χ4n) is 1.81. The maximum Gasteiger partial charge on any atom is 0.349 e. The standard InChI is InChI=1S/C14H22O3S/c1-2-3-4-5-6-7-8-10-17-12-9-11-18-13(12)14(15)16/h9,11H,2-8,10H2,1H3,(H,15,16). The first-order valence-electron chi connectivity index (χ1n) is 6.69. The molecule has 0 radical (unpaired) electrons. The molecule has 1 aromatic heterocycles. The Bertz CT molecular complexity index is 347. The second-order valence-electron chi connectivity index (χ2n) is 4.39. The molecule has 18 heavy (non-hydrogen) atoms. The summed E-state index contributed by atoms with van der Waals surface area (Å²) in [7, 11) is 0. The summed E-state index contributed by atoms with van der Waals surface area (Å²) in [6, 6.07) is 1.73. The Kier molecular flexibility index (Phi) is 7.49. The number of hydrogen-bond donors (Lipinski definition) is 1. The van der Waals surface area contributed by atoms with Gasteiger partial charge in [-0.15, -0.1) is 11.3 Å². The Balaban J connectivity index is 2.07. The van der Waals surface area contributed by atoms with E-state index in [0.717, 1.165) is 12.8 Å². The molecule has 0 saturated carbocycles. The molecule has 102 valence electrons. The van der Waals surface area contributed by atoms with E-state index >= 15 is 0 Å². The van der Waals surface area contributed by atoms with E-state index in [-0.39, 0.29) is 0 Å². The summed E-state index contributed by atoms with van der Waals surface area (Å²) >= 11 is 1.21. The first kappa shape index (κ1) is 15.0. The molecule has 3 nitrogen and oxygen atoms in total. The van der Waals surface area contributed by atoms with Gasteiger partial charge in [-0.1, -0.05) is 45.4 Å². The van der Waals surface area contributed by atoms with Crippen molar-refractivity contribution < 1.29 is 14.6 Å². The average Bonchev–Trinajstić information content (AvgIpc) is 2.81. The zero-order chi connectivity index (χ0) is 13.2. The molecule has 0 aliphatic heterocycles. The van der Waals surface area contributed by atoms with E-state index in [9.17, 15) is 4.79 Å². The molecule has 0 fully saturated rings. The molecule has 0 amide bonds. The van der Waals surface area contributed by atoms with E-state index in [4.69, 9.17) is 9.84 Å². The molecular formula is C14H22O3S. The van der Waals surface area contributed by atoms with Crippen LogP contribution in [0.15, 0.2) is 11.4 Å². The first-order valence-corrected chi connectivity index (χ1v) is 7.57. The van der Waals surface area contributed by atoms with Gasteiger partial charge in [-0.2, -0.15) is 0 Å². The van der Waals surface area contributed by atoms with Crippen LogP contribution in [0.1, 0.15) is 61.5 Å². The second-order valence-corrected chi connectivity index (χ2v) is 5.31. The average molecular weight is 270 g/mol. The van der Waals surface area contributed by atoms with Crippen molar-refractivity contribution >= 4 is 17.3 Å². The number of unbranched alkanes of at least 4 members (excludes halogenated alkanes) is 6. The summed E-state index contributed by atoms with van der Waals surface area (Å²) in [6.45, 7) is 2.83. The van der Waals surface area contributed by atoms with Crippen molar-refractivity contribution in [3.05, 3.63) is 16.3 Å².